The molecule has 1 fully saturated rings. The number of ether oxygens (including phenoxy) is 1. The van der Waals surface area contributed by atoms with Gasteiger partial charge in [-0.1, -0.05) is 18.2 Å². The number of hydrogen-bond donors (Lipinski definition) is 2. The van der Waals surface area contributed by atoms with Crippen LogP contribution in [-0.4, -0.2) is 47.7 Å². The van der Waals surface area contributed by atoms with Crippen molar-refractivity contribution in [3.63, 3.8) is 0 Å². The molecule has 0 bridgehead atoms. The van der Waals surface area contributed by atoms with Gasteiger partial charge in [0.05, 0.1) is 6.04 Å². The molecular weight excluding hydrogens is 330 g/mol. The number of hydrogen-bond acceptors (Lipinski definition) is 4. The van der Waals surface area contributed by atoms with E-state index in [1.807, 2.05) is 39.0 Å². The largest absolute Gasteiger partial charge is 0.444 e. The Kier molecular flexibility index (Phi) is 5.51. The van der Waals surface area contributed by atoms with Crippen LogP contribution in [0.1, 0.15) is 45.6 Å². The number of nitrogens with zero attached hydrogens (tertiary/aromatic N) is 1. The van der Waals surface area contributed by atoms with E-state index >= 15 is 0 Å². The predicted molar refractivity (Wildman–Crippen MR) is 101 cm³/mol. The molecule has 2 aliphatic rings. The molecule has 6 nitrogen and oxygen atoms in total. The molecule has 0 saturated carbocycles. The summed E-state index contributed by atoms with van der Waals surface area (Å²) in [6, 6.07) is 7.80. The number of piperidine rings is 1. The fourth-order valence-electron chi connectivity index (χ4n) is 3.56. The Balaban J connectivity index is 1.58. The van der Waals surface area contributed by atoms with E-state index in [1.54, 1.807) is 4.90 Å². The standard InChI is InChI=1S/C20H29N3O3/c1-20(2,3)26-19(25)23-12-6-8-15(13-23)21-17-11-10-14-7-4-5-9-16(14)22-18(17)24/h4-5,7,9,15,17,21H,6,8,10-13H2,1-3H3,(H,22,24)/t15-,17+/m1/s1. The first-order valence-electron chi connectivity index (χ1n) is 9.44. The summed E-state index contributed by atoms with van der Waals surface area (Å²) in [6.07, 6.45) is 3.20. The first-order valence-corrected chi connectivity index (χ1v) is 9.44. The van der Waals surface area contributed by atoms with E-state index < -0.39 is 5.60 Å². The molecule has 1 saturated heterocycles. The first kappa shape index (κ1) is 18.7. The van der Waals surface area contributed by atoms with Crippen molar-refractivity contribution in [3.8, 4) is 0 Å². The van der Waals surface area contributed by atoms with Crippen LogP contribution in [0.5, 0.6) is 0 Å². The molecular formula is C20H29N3O3. The van der Waals surface area contributed by atoms with E-state index in [9.17, 15) is 9.59 Å². The molecule has 2 heterocycles. The second kappa shape index (κ2) is 7.66. The SMILES string of the molecule is CC(C)(C)OC(=O)N1CCC[C@@H](N[C@H]2CCc3ccccc3NC2=O)C1. The van der Waals surface area contributed by atoms with Crippen molar-refractivity contribution in [3.05, 3.63) is 29.8 Å². The maximum Gasteiger partial charge on any atom is 0.410 e. The number of benzene rings is 1. The number of carbonyl (C=O) groups is 2. The van der Waals surface area contributed by atoms with Crippen molar-refractivity contribution in [1.82, 2.24) is 10.2 Å². The number of aryl methyl sites for hydroxylation is 1. The lowest BCUT2D eigenvalue weighted by Crippen LogP contribution is -2.54. The van der Waals surface area contributed by atoms with Crippen LogP contribution < -0.4 is 10.6 Å². The van der Waals surface area contributed by atoms with Crippen molar-refractivity contribution < 1.29 is 14.3 Å². The smallest absolute Gasteiger partial charge is 0.410 e. The van der Waals surface area contributed by atoms with Crippen LogP contribution in [-0.2, 0) is 16.0 Å². The van der Waals surface area contributed by atoms with Gasteiger partial charge in [-0.2, -0.15) is 0 Å². The van der Waals surface area contributed by atoms with Crippen LogP contribution in [0.3, 0.4) is 0 Å². The van der Waals surface area contributed by atoms with Gasteiger partial charge in [-0.25, -0.2) is 4.79 Å². The summed E-state index contributed by atoms with van der Waals surface area (Å²) >= 11 is 0. The minimum Gasteiger partial charge on any atom is -0.444 e. The van der Waals surface area contributed by atoms with Gasteiger partial charge in [0.25, 0.3) is 0 Å². The second-order valence-electron chi connectivity index (χ2n) is 8.17. The number of carbonyl (C=O) groups excluding carboxylic acids is 2. The van der Waals surface area contributed by atoms with Gasteiger partial charge in [0.2, 0.25) is 5.91 Å². The summed E-state index contributed by atoms with van der Waals surface area (Å²) in [5.41, 5.74) is 1.58. The number of anilines is 1. The fourth-order valence-corrected chi connectivity index (χ4v) is 3.56. The minimum absolute atomic E-state index is 0.00402. The summed E-state index contributed by atoms with van der Waals surface area (Å²) in [5.74, 6) is 0.00402. The van der Waals surface area contributed by atoms with Gasteiger partial charge in [-0.3, -0.25) is 4.79 Å². The number of rotatable bonds is 2. The van der Waals surface area contributed by atoms with E-state index in [-0.39, 0.29) is 24.1 Å². The monoisotopic (exact) mass is 359 g/mol. The molecule has 6 heteroatoms. The van der Waals surface area contributed by atoms with Gasteiger partial charge in [0.1, 0.15) is 5.60 Å². The fraction of sp³-hybridized carbons (Fsp3) is 0.600. The van der Waals surface area contributed by atoms with Gasteiger partial charge in [0.15, 0.2) is 0 Å². The zero-order chi connectivity index (χ0) is 18.7. The van der Waals surface area contributed by atoms with E-state index in [1.165, 1.54) is 5.56 Å². The van der Waals surface area contributed by atoms with Crippen LogP contribution >= 0.6 is 0 Å². The number of fused-ring (bicyclic) bond motifs is 1. The highest BCUT2D eigenvalue weighted by molar-refractivity contribution is 5.96. The van der Waals surface area contributed by atoms with Crippen molar-refractivity contribution in [2.75, 3.05) is 18.4 Å². The third kappa shape index (κ3) is 4.75. The zero-order valence-corrected chi connectivity index (χ0v) is 15.9. The lowest BCUT2D eigenvalue weighted by atomic mass is 10.0. The van der Waals surface area contributed by atoms with Crippen LogP contribution in [0.2, 0.25) is 0 Å². The highest BCUT2D eigenvalue weighted by atomic mass is 16.6. The van der Waals surface area contributed by atoms with E-state index in [0.717, 1.165) is 31.4 Å². The van der Waals surface area contributed by atoms with Gasteiger partial charge in [-0.05, 0) is 58.1 Å². The molecule has 142 valence electrons. The van der Waals surface area contributed by atoms with Crippen LogP contribution in [0.4, 0.5) is 10.5 Å². The number of nitrogens with one attached hydrogen (secondary N) is 2. The lowest BCUT2D eigenvalue weighted by molar-refractivity contribution is -0.118. The minimum atomic E-state index is -0.496. The Labute approximate surface area is 155 Å². The Bertz CT molecular complexity index is 669. The second-order valence-corrected chi connectivity index (χ2v) is 8.17. The van der Waals surface area contributed by atoms with Crippen LogP contribution in [0.25, 0.3) is 0 Å². The number of amides is 2. The molecule has 0 unspecified atom stereocenters. The molecule has 26 heavy (non-hydrogen) atoms. The lowest BCUT2D eigenvalue weighted by Gasteiger charge is -2.35. The van der Waals surface area contributed by atoms with Crippen LogP contribution in [0.15, 0.2) is 24.3 Å². The summed E-state index contributed by atoms with van der Waals surface area (Å²) in [6.45, 7) is 6.90. The molecule has 0 aliphatic carbocycles. The van der Waals surface area contributed by atoms with Crippen molar-refractivity contribution in [2.45, 2.75) is 64.1 Å². The molecule has 1 aromatic rings. The van der Waals surface area contributed by atoms with E-state index in [4.69, 9.17) is 4.74 Å². The topological polar surface area (TPSA) is 70.7 Å². The summed E-state index contributed by atoms with van der Waals surface area (Å²) < 4.78 is 5.48. The highest BCUT2D eigenvalue weighted by Crippen LogP contribution is 2.22. The van der Waals surface area contributed by atoms with Crippen molar-refractivity contribution in [2.24, 2.45) is 0 Å². The van der Waals surface area contributed by atoms with Crippen molar-refractivity contribution >= 4 is 17.7 Å². The molecule has 3 rings (SSSR count). The Morgan fingerprint density at radius 3 is 2.81 bits per heavy atom. The molecule has 2 amide bonds. The van der Waals surface area contributed by atoms with Gasteiger partial charge < -0.3 is 20.3 Å². The quantitative estimate of drug-likeness (QED) is 0.852. The van der Waals surface area contributed by atoms with E-state index in [0.29, 0.717) is 13.1 Å². The molecule has 2 N–H and O–H groups in total. The zero-order valence-electron chi connectivity index (χ0n) is 15.9. The van der Waals surface area contributed by atoms with Gasteiger partial charge in [-0.15, -0.1) is 0 Å². The third-order valence-corrected chi connectivity index (χ3v) is 4.80. The maximum atomic E-state index is 12.6. The summed E-state index contributed by atoms with van der Waals surface area (Å²) in [5, 5.41) is 6.49. The van der Waals surface area contributed by atoms with E-state index in [2.05, 4.69) is 16.7 Å². The first-order chi connectivity index (χ1) is 12.3. The summed E-state index contributed by atoms with van der Waals surface area (Å²) in [4.78, 5) is 26.6. The summed E-state index contributed by atoms with van der Waals surface area (Å²) in [7, 11) is 0. The Morgan fingerprint density at radius 1 is 1.27 bits per heavy atom. The highest BCUT2D eigenvalue weighted by Gasteiger charge is 2.31. The Morgan fingerprint density at radius 2 is 2.04 bits per heavy atom. The van der Waals surface area contributed by atoms with Crippen molar-refractivity contribution in [1.29, 1.82) is 0 Å². The average Bonchev–Trinajstić information content (AvgIpc) is 2.73. The predicted octanol–water partition coefficient (Wildman–Crippen LogP) is 2.93. The molecule has 0 radical (unpaired) electrons. The number of likely N-dealkylation sites (tertiary alicyclic amines) is 1. The Hall–Kier alpha value is -2.08. The van der Waals surface area contributed by atoms with Gasteiger partial charge >= 0.3 is 6.09 Å². The molecule has 2 atom stereocenters. The third-order valence-electron chi connectivity index (χ3n) is 4.80. The molecule has 1 aromatic carbocycles. The molecule has 0 spiro atoms. The molecule has 2 aliphatic heterocycles. The maximum absolute atomic E-state index is 12.6. The molecule has 0 aromatic heterocycles. The van der Waals surface area contributed by atoms with Crippen LogP contribution in [0, 0.1) is 0 Å². The number of para-hydroxylation sites is 1. The average molecular weight is 359 g/mol. The normalized spacial score (nSPS) is 23.7. The van der Waals surface area contributed by atoms with Gasteiger partial charge in [0, 0.05) is 24.8 Å².